The summed E-state index contributed by atoms with van der Waals surface area (Å²) in [6.45, 7) is 2.46. The van der Waals surface area contributed by atoms with Crippen molar-refractivity contribution in [3.05, 3.63) is 90.6 Å². The highest BCUT2D eigenvalue weighted by atomic mass is 16.2. The third kappa shape index (κ3) is 3.98. The summed E-state index contributed by atoms with van der Waals surface area (Å²) >= 11 is 0. The fourth-order valence-corrected chi connectivity index (χ4v) is 3.69. The molecule has 0 fully saturated rings. The van der Waals surface area contributed by atoms with Gasteiger partial charge in [0.05, 0.1) is 30.3 Å². The average Bonchev–Trinajstić information content (AvgIpc) is 3.49. The van der Waals surface area contributed by atoms with E-state index in [1.807, 2.05) is 67.6 Å². The first-order valence-corrected chi connectivity index (χ1v) is 10.3. The van der Waals surface area contributed by atoms with Gasteiger partial charge in [0.15, 0.2) is 0 Å². The molecule has 0 bridgehead atoms. The summed E-state index contributed by atoms with van der Waals surface area (Å²) in [5.74, 6) is -0.0793. The number of carbonyl (C=O) groups is 1. The van der Waals surface area contributed by atoms with Crippen LogP contribution in [-0.4, -0.2) is 35.9 Å². The molecule has 32 heavy (non-hydrogen) atoms. The Morgan fingerprint density at radius 2 is 1.94 bits per heavy atom. The van der Waals surface area contributed by atoms with E-state index in [-0.39, 0.29) is 12.5 Å². The van der Waals surface area contributed by atoms with E-state index in [9.17, 15) is 4.79 Å². The predicted octanol–water partition coefficient (Wildman–Crippen LogP) is 3.76. The van der Waals surface area contributed by atoms with Crippen LogP contribution in [0.25, 0.3) is 22.3 Å². The number of nitrogens with zero attached hydrogens (tertiary/aromatic N) is 6. The number of hydrogen-bond acceptors (Lipinski definition) is 5. The molecule has 1 N–H and O–H groups in total. The highest BCUT2D eigenvalue weighted by Gasteiger charge is 2.19. The lowest BCUT2D eigenvalue weighted by Crippen LogP contribution is -2.33. The maximum Gasteiger partial charge on any atom is 0.249 e. The number of benzene rings is 2. The van der Waals surface area contributed by atoms with Crippen LogP contribution in [0.5, 0.6) is 0 Å². The number of hydrogen-bond donors (Lipinski definition) is 1. The van der Waals surface area contributed by atoms with Gasteiger partial charge in [0.2, 0.25) is 5.91 Å². The van der Waals surface area contributed by atoms with Gasteiger partial charge in [-0.15, -0.1) is 5.10 Å². The number of carbonyl (C=O) groups excluding carboxylic acids is 1. The molecule has 0 saturated heterocycles. The number of rotatable bonds is 6. The normalized spacial score (nSPS) is 11.0. The Balaban J connectivity index is 1.46. The Morgan fingerprint density at radius 1 is 1.09 bits per heavy atom. The lowest BCUT2D eigenvalue weighted by atomic mass is 10.1. The zero-order chi connectivity index (χ0) is 21.9. The van der Waals surface area contributed by atoms with Crippen LogP contribution in [-0.2, 0) is 17.9 Å². The van der Waals surface area contributed by atoms with Crippen molar-refractivity contribution in [2.24, 2.45) is 0 Å². The minimum absolute atomic E-state index is 0.0793. The molecule has 5 aromatic rings. The van der Waals surface area contributed by atoms with E-state index >= 15 is 0 Å². The first kappa shape index (κ1) is 19.6. The monoisotopic (exact) mass is 423 g/mol. The second-order valence-electron chi connectivity index (χ2n) is 7.53. The molecule has 8 nitrogen and oxygen atoms in total. The van der Waals surface area contributed by atoms with E-state index < -0.39 is 0 Å². The van der Waals surface area contributed by atoms with E-state index in [0.717, 1.165) is 39.2 Å². The molecule has 5 rings (SSSR count). The van der Waals surface area contributed by atoms with Crippen LogP contribution in [0.4, 0.5) is 5.69 Å². The highest BCUT2D eigenvalue weighted by molar-refractivity contribution is 5.94. The van der Waals surface area contributed by atoms with Crippen LogP contribution in [0, 0.1) is 6.92 Å². The zero-order valence-corrected chi connectivity index (χ0v) is 17.5. The number of aryl methyl sites for hydroxylation is 1. The van der Waals surface area contributed by atoms with Gasteiger partial charge < -0.3 is 9.88 Å². The van der Waals surface area contributed by atoms with E-state index in [2.05, 4.69) is 25.3 Å². The molecule has 3 aromatic heterocycles. The molecule has 0 spiro atoms. The first-order valence-electron chi connectivity index (χ1n) is 10.3. The number of para-hydroxylation sites is 1. The SMILES string of the molecule is Cc1cc(CN(C(=O)Cn2nnc3ccccc32)c2ccc(-c3cnc[nH]3)cc2)ccn1. The van der Waals surface area contributed by atoms with Crippen molar-refractivity contribution in [2.45, 2.75) is 20.0 Å². The second-order valence-corrected chi connectivity index (χ2v) is 7.53. The Labute approximate surface area is 184 Å². The summed E-state index contributed by atoms with van der Waals surface area (Å²) in [4.78, 5) is 26.7. The van der Waals surface area contributed by atoms with Crippen molar-refractivity contribution in [3.63, 3.8) is 0 Å². The molecular formula is C24H21N7O. The minimum atomic E-state index is -0.0793. The number of pyridine rings is 1. The van der Waals surface area contributed by atoms with Crippen LogP contribution in [0.2, 0.25) is 0 Å². The van der Waals surface area contributed by atoms with Gasteiger partial charge in [-0.25, -0.2) is 9.67 Å². The van der Waals surface area contributed by atoms with Crippen LogP contribution in [0.15, 0.2) is 79.4 Å². The fourth-order valence-electron chi connectivity index (χ4n) is 3.69. The molecule has 0 atom stereocenters. The lowest BCUT2D eigenvalue weighted by molar-refractivity contribution is -0.119. The largest absolute Gasteiger partial charge is 0.345 e. The van der Waals surface area contributed by atoms with Gasteiger partial charge in [-0.3, -0.25) is 9.78 Å². The third-order valence-electron chi connectivity index (χ3n) is 5.30. The van der Waals surface area contributed by atoms with E-state index in [4.69, 9.17) is 0 Å². The summed E-state index contributed by atoms with van der Waals surface area (Å²) in [5.41, 5.74) is 6.24. The summed E-state index contributed by atoms with van der Waals surface area (Å²) in [6, 6.07) is 19.4. The van der Waals surface area contributed by atoms with Crippen LogP contribution < -0.4 is 4.90 Å². The van der Waals surface area contributed by atoms with Gasteiger partial charge in [0.25, 0.3) is 0 Å². The molecule has 0 aliphatic rings. The Bertz CT molecular complexity index is 1360. The lowest BCUT2D eigenvalue weighted by Gasteiger charge is -2.23. The molecule has 8 heteroatoms. The van der Waals surface area contributed by atoms with E-state index in [1.165, 1.54) is 0 Å². The first-order chi connectivity index (χ1) is 15.7. The number of aromatic nitrogens is 6. The molecule has 0 aliphatic carbocycles. The molecule has 0 saturated carbocycles. The second kappa shape index (κ2) is 8.43. The quantitative estimate of drug-likeness (QED) is 0.449. The molecule has 0 unspecified atom stereocenters. The predicted molar refractivity (Wildman–Crippen MR) is 122 cm³/mol. The van der Waals surface area contributed by atoms with Crippen molar-refractivity contribution in [2.75, 3.05) is 4.90 Å². The standard InChI is InChI=1S/C24H21N7O/c1-17-12-18(10-11-26-17)14-30(20-8-6-19(7-9-20)22-13-25-16-27-22)24(32)15-31-23-5-3-2-4-21(23)28-29-31/h2-13,16H,14-15H2,1H3,(H,25,27). The number of amides is 1. The smallest absolute Gasteiger partial charge is 0.249 e. The maximum absolute atomic E-state index is 13.5. The molecule has 0 radical (unpaired) electrons. The molecule has 1 amide bonds. The number of aromatic amines is 1. The number of H-pyrrole nitrogens is 1. The number of anilines is 1. The highest BCUT2D eigenvalue weighted by Crippen LogP contribution is 2.24. The Hall–Kier alpha value is -4.33. The minimum Gasteiger partial charge on any atom is -0.345 e. The molecule has 158 valence electrons. The maximum atomic E-state index is 13.5. The van der Waals surface area contributed by atoms with Gasteiger partial charge in [-0.1, -0.05) is 29.5 Å². The molecule has 3 heterocycles. The third-order valence-corrected chi connectivity index (χ3v) is 5.30. The summed E-state index contributed by atoms with van der Waals surface area (Å²) < 4.78 is 1.64. The van der Waals surface area contributed by atoms with Crippen LogP contribution in [0.1, 0.15) is 11.3 Å². The van der Waals surface area contributed by atoms with Gasteiger partial charge in [-0.05, 0) is 54.4 Å². The Morgan fingerprint density at radius 3 is 2.72 bits per heavy atom. The van der Waals surface area contributed by atoms with Crippen LogP contribution >= 0.6 is 0 Å². The van der Waals surface area contributed by atoms with E-state index in [0.29, 0.717) is 6.54 Å². The fraction of sp³-hybridized carbons (Fsp3) is 0.125. The van der Waals surface area contributed by atoms with Gasteiger partial charge >= 0.3 is 0 Å². The average molecular weight is 423 g/mol. The van der Waals surface area contributed by atoms with Crippen molar-refractivity contribution >= 4 is 22.6 Å². The van der Waals surface area contributed by atoms with Gasteiger partial charge in [0, 0.05) is 17.6 Å². The number of imidazole rings is 1. The topological polar surface area (TPSA) is 92.6 Å². The summed E-state index contributed by atoms with van der Waals surface area (Å²) in [6.07, 6.45) is 5.18. The molecule has 2 aromatic carbocycles. The molecular weight excluding hydrogens is 402 g/mol. The van der Waals surface area contributed by atoms with Gasteiger partial charge in [-0.2, -0.15) is 0 Å². The summed E-state index contributed by atoms with van der Waals surface area (Å²) in [7, 11) is 0. The van der Waals surface area contributed by atoms with Gasteiger partial charge in [0.1, 0.15) is 12.1 Å². The van der Waals surface area contributed by atoms with Crippen LogP contribution in [0.3, 0.4) is 0 Å². The molecule has 0 aliphatic heterocycles. The van der Waals surface area contributed by atoms with E-state index in [1.54, 1.807) is 28.3 Å². The number of fused-ring (bicyclic) bond motifs is 1. The van der Waals surface area contributed by atoms with Crippen molar-refractivity contribution in [3.8, 4) is 11.3 Å². The van der Waals surface area contributed by atoms with Crippen molar-refractivity contribution < 1.29 is 4.79 Å². The van der Waals surface area contributed by atoms with Crippen molar-refractivity contribution in [1.82, 2.24) is 29.9 Å². The zero-order valence-electron chi connectivity index (χ0n) is 17.5. The van der Waals surface area contributed by atoms with Crippen molar-refractivity contribution in [1.29, 1.82) is 0 Å². The Kier molecular flexibility index (Phi) is 5.17. The number of nitrogens with one attached hydrogen (secondary N) is 1. The summed E-state index contributed by atoms with van der Waals surface area (Å²) in [5, 5.41) is 8.34.